The second kappa shape index (κ2) is 5.43. The first-order chi connectivity index (χ1) is 8.22. The molecule has 0 amide bonds. The quantitative estimate of drug-likeness (QED) is 0.773. The maximum atomic E-state index is 6.01. The monoisotopic (exact) mass is 271 g/mol. The van der Waals surface area contributed by atoms with Gasteiger partial charge >= 0.3 is 6.08 Å². The van der Waals surface area contributed by atoms with E-state index in [0.717, 1.165) is 17.0 Å². The van der Waals surface area contributed by atoms with Gasteiger partial charge in [-0.2, -0.15) is 4.98 Å². The van der Waals surface area contributed by atoms with Gasteiger partial charge in [0.1, 0.15) is 12.0 Å². The van der Waals surface area contributed by atoms with Crippen molar-refractivity contribution in [2.24, 2.45) is 0 Å². The van der Waals surface area contributed by atoms with Crippen molar-refractivity contribution in [1.29, 1.82) is 0 Å². The van der Waals surface area contributed by atoms with Crippen molar-refractivity contribution >= 4 is 23.2 Å². The van der Waals surface area contributed by atoms with Gasteiger partial charge in [0.2, 0.25) is 0 Å². The van der Waals surface area contributed by atoms with E-state index in [4.69, 9.17) is 32.4 Å². The Morgan fingerprint density at radius 3 is 2.88 bits per heavy atom. The summed E-state index contributed by atoms with van der Waals surface area (Å²) in [5.74, 6) is 0.947. The molecule has 0 spiro atoms. The molecule has 17 heavy (non-hydrogen) atoms. The van der Waals surface area contributed by atoms with Gasteiger partial charge in [-0.3, -0.25) is 0 Å². The van der Waals surface area contributed by atoms with E-state index in [1.54, 1.807) is 12.1 Å². The van der Waals surface area contributed by atoms with Gasteiger partial charge in [-0.25, -0.2) is 0 Å². The molecule has 1 heterocycles. The molecule has 90 valence electrons. The largest absolute Gasteiger partial charge is 0.417 e. The number of halogens is 2. The molecule has 0 N–H and O–H groups in total. The maximum absolute atomic E-state index is 6.01. The van der Waals surface area contributed by atoms with Crippen molar-refractivity contribution in [2.45, 2.75) is 19.2 Å². The zero-order valence-electron chi connectivity index (χ0n) is 9.24. The van der Waals surface area contributed by atoms with Crippen molar-refractivity contribution in [3.63, 3.8) is 0 Å². The zero-order valence-corrected chi connectivity index (χ0v) is 10.8. The number of hydrogen-bond donors (Lipinski definition) is 0. The summed E-state index contributed by atoms with van der Waals surface area (Å²) in [6.07, 6.45) is 2.50. The third-order valence-corrected chi connectivity index (χ3v) is 2.91. The van der Waals surface area contributed by atoms with Crippen LogP contribution in [0.4, 0.5) is 0 Å². The number of hydrogen-bond acceptors (Lipinski definition) is 3. The predicted molar refractivity (Wildman–Crippen MR) is 67.0 cm³/mol. The Labute approximate surface area is 109 Å². The lowest BCUT2D eigenvalue weighted by atomic mass is 10.2. The van der Waals surface area contributed by atoms with E-state index in [1.807, 2.05) is 13.0 Å². The normalized spacial score (nSPS) is 10.5. The van der Waals surface area contributed by atoms with Gasteiger partial charge in [0.15, 0.2) is 0 Å². The van der Waals surface area contributed by atoms with Crippen LogP contribution in [0.15, 0.2) is 28.9 Å². The fourth-order valence-corrected chi connectivity index (χ4v) is 1.76. The lowest BCUT2D eigenvalue weighted by Crippen LogP contribution is -1.88. The van der Waals surface area contributed by atoms with Crippen LogP contribution in [0, 0.1) is 0 Å². The molecule has 0 aliphatic rings. The van der Waals surface area contributed by atoms with E-state index < -0.39 is 0 Å². The van der Waals surface area contributed by atoms with E-state index in [0.29, 0.717) is 17.3 Å². The summed E-state index contributed by atoms with van der Waals surface area (Å²) in [5, 5.41) is 0.730. The maximum Gasteiger partial charge on any atom is 0.399 e. The molecule has 0 aliphatic heterocycles. The summed E-state index contributed by atoms with van der Waals surface area (Å²) in [6.45, 7) is 2.03. The van der Waals surface area contributed by atoms with E-state index >= 15 is 0 Å². The molecule has 0 unspecified atom stereocenters. The van der Waals surface area contributed by atoms with Crippen LogP contribution in [-0.4, -0.2) is 4.98 Å². The van der Waals surface area contributed by atoms with Crippen LogP contribution in [0.25, 0.3) is 0 Å². The average molecular weight is 272 g/mol. The molecule has 0 aliphatic carbocycles. The summed E-state index contributed by atoms with van der Waals surface area (Å²) in [4.78, 5) is 4.05. The molecule has 0 radical (unpaired) electrons. The highest BCUT2D eigenvalue weighted by atomic mass is 35.5. The number of ether oxygens (including phenoxy) is 1. The smallest absolute Gasteiger partial charge is 0.399 e. The number of nitrogens with zero attached hydrogens (tertiary/aromatic N) is 1. The first-order valence-electron chi connectivity index (χ1n) is 5.19. The topological polar surface area (TPSA) is 35.3 Å². The van der Waals surface area contributed by atoms with Crippen LogP contribution >= 0.6 is 23.2 Å². The number of aryl methyl sites for hydroxylation is 1. The van der Waals surface area contributed by atoms with Crippen molar-refractivity contribution < 1.29 is 9.15 Å². The van der Waals surface area contributed by atoms with Crippen molar-refractivity contribution in [3.05, 3.63) is 40.7 Å². The summed E-state index contributed by atoms with van der Waals surface area (Å²) in [6, 6.07) is 5.43. The molecule has 2 aromatic rings. The second-order valence-electron chi connectivity index (χ2n) is 3.45. The first-order valence-corrected chi connectivity index (χ1v) is 6.10. The fraction of sp³-hybridized carbons (Fsp3) is 0.250. The minimum atomic E-state index is 0.185. The average Bonchev–Trinajstić information content (AvgIpc) is 2.79. The second-order valence-corrected chi connectivity index (χ2v) is 4.12. The Morgan fingerprint density at radius 1 is 1.41 bits per heavy atom. The molecular formula is C12H11Cl2NO2. The van der Waals surface area contributed by atoms with Crippen LogP contribution in [0.5, 0.6) is 11.8 Å². The summed E-state index contributed by atoms with van der Waals surface area (Å²) in [7, 11) is 0. The molecule has 2 rings (SSSR count). The zero-order chi connectivity index (χ0) is 12.3. The first kappa shape index (κ1) is 12.3. The van der Waals surface area contributed by atoms with Gasteiger partial charge in [-0.05, 0) is 30.2 Å². The van der Waals surface area contributed by atoms with Crippen LogP contribution < -0.4 is 4.74 Å². The standard InChI is InChI=1S/C12H11Cl2NO2/c1-2-8-5-10(3-4-11(8)14)17-12-15-9(6-13)7-16-12/h3-5,7H,2,6H2,1H3. The molecule has 0 saturated heterocycles. The van der Waals surface area contributed by atoms with Crippen molar-refractivity contribution in [2.75, 3.05) is 0 Å². The summed E-state index contributed by atoms with van der Waals surface area (Å²) < 4.78 is 10.6. The molecular weight excluding hydrogens is 261 g/mol. The highest BCUT2D eigenvalue weighted by Crippen LogP contribution is 2.26. The van der Waals surface area contributed by atoms with E-state index in [-0.39, 0.29) is 6.08 Å². The van der Waals surface area contributed by atoms with Gasteiger partial charge in [-0.1, -0.05) is 18.5 Å². The lowest BCUT2D eigenvalue weighted by molar-refractivity contribution is 0.330. The highest BCUT2D eigenvalue weighted by Gasteiger charge is 2.07. The lowest BCUT2D eigenvalue weighted by Gasteiger charge is -2.04. The molecule has 1 aromatic carbocycles. The van der Waals surface area contributed by atoms with E-state index in [1.165, 1.54) is 6.26 Å². The minimum Gasteiger partial charge on any atom is -0.417 e. The van der Waals surface area contributed by atoms with Gasteiger partial charge in [0.05, 0.1) is 11.6 Å². The third-order valence-electron chi connectivity index (χ3n) is 2.27. The van der Waals surface area contributed by atoms with E-state index in [2.05, 4.69) is 4.98 Å². The third kappa shape index (κ3) is 2.93. The predicted octanol–water partition coefficient (Wildman–Crippen LogP) is 4.42. The molecule has 0 atom stereocenters. The molecule has 0 bridgehead atoms. The molecule has 0 fully saturated rings. The molecule has 1 aromatic heterocycles. The number of oxazole rings is 1. The van der Waals surface area contributed by atoms with Gasteiger partial charge < -0.3 is 9.15 Å². The number of aromatic nitrogens is 1. The van der Waals surface area contributed by atoms with Crippen LogP contribution in [0.2, 0.25) is 5.02 Å². The Bertz CT molecular complexity index is 511. The summed E-state index contributed by atoms with van der Waals surface area (Å²) >= 11 is 11.6. The fourth-order valence-electron chi connectivity index (χ4n) is 1.38. The van der Waals surface area contributed by atoms with Gasteiger partial charge in [0.25, 0.3) is 0 Å². The molecule has 5 heteroatoms. The Balaban J connectivity index is 2.18. The van der Waals surface area contributed by atoms with Crippen LogP contribution in [-0.2, 0) is 12.3 Å². The SMILES string of the molecule is CCc1cc(Oc2nc(CCl)co2)ccc1Cl. The van der Waals surface area contributed by atoms with Crippen LogP contribution in [0.3, 0.4) is 0 Å². The molecule has 0 saturated carbocycles. The highest BCUT2D eigenvalue weighted by molar-refractivity contribution is 6.31. The van der Waals surface area contributed by atoms with Gasteiger partial charge in [-0.15, -0.1) is 11.6 Å². The summed E-state index contributed by atoms with van der Waals surface area (Å²) in [5.41, 5.74) is 1.67. The van der Waals surface area contributed by atoms with Crippen molar-refractivity contribution in [1.82, 2.24) is 4.98 Å². The van der Waals surface area contributed by atoms with Crippen molar-refractivity contribution in [3.8, 4) is 11.8 Å². The Hall–Kier alpha value is -1.19. The number of benzene rings is 1. The van der Waals surface area contributed by atoms with Gasteiger partial charge in [0, 0.05) is 5.02 Å². The number of rotatable bonds is 4. The Morgan fingerprint density at radius 2 is 2.24 bits per heavy atom. The Kier molecular flexibility index (Phi) is 3.92. The minimum absolute atomic E-state index is 0.185. The van der Waals surface area contributed by atoms with Crippen LogP contribution in [0.1, 0.15) is 18.2 Å². The number of alkyl halides is 1. The van der Waals surface area contributed by atoms with E-state index in [9.17, 15) is 0 Å². The molecule has 3 nitrogen and oxygen atoms in total.